The van der Waals surface area contributed by atoms with Crippen LogP contribution in [-0.4, -0.2) is 46.8 Å². The molecule has 0 saturated carbocycles. The van der Waals surface area contributed by atoms with Gasteiger partial charge < -0.3 is 14.2 Å². The number of para-hydroxylation sites is 1. The molecule has 8 nitrogen and oxygen atoms in total. The SMILES string of the molecule is C=CCc1ccccc1OCCOc1ccc(C=C2C(=N)N3N=C(c4ccc(C)cc4)SC3=NC2=O)cc1OCC. The van der Waals surface area contributed by atoms with Crippen molar-refractivity contribution >= 4 is 39.8 Å². The standard InChI is InChI=1S/C32H30N4O4S/c1-4-8-23-9-6-7-10-26(23)39-17-18-40-27-16-13-22(20-28(27)38-5-2)19-25-29(33)36-32(34-30(25)37)41-31(35-36)24-14-11-21(3)12-15-24/h4,6-7,9-16,19-20,33H,1,5,8,17-18H2,2-3H3. The summed E-state index contributed by atoms with van der Waals surface area (Å²) in [4.78, 5) is 17.1. The van der Waals surface area contributed by atoms with E-state index in [0.717, 1.165) is 28.9 Å². The maximum Gasteiger partial charge on any atom is 0.283 e. The number of benzene rings is 3. The van der Waals surface area contributed by atoms with Gasteiger partial charge in [-0.05, 0) is 67.4 Å². The quantitative estimate of drug-likeness (QED) is 0.168. The molecule has 1 N–H and O–H groups in total. The van der Waals surface area contributed by atoms with Gasteiger partial charge in [-0.1, -0.05) is 60.2 Å². The summed E-state index contributed by atoms with van der Waals surface area (Å²) in [6.07, 6.45) is 4.20. The minimum atomic E-state index is -0.485. The Morgan fingerprint density at radius 3 is 2.49 bits per heavy atom. The normalized spacial score (nSPS) is 15.4. The first-order chi connectivity index (χ1) is 20.0. The molecular weight excluding hydrogens is 536 g/mol. The minimum absolute atomic E-state index is 0.0261. The molecule has 9 heteroatoms. The number of allylic oxidation sites excluding steroid dienone is 1. The van der Waals surface area contributed by atoms with E-state index in [1.54, 1.807) is 18.2 Å². The molecule has 0 saturated heterocycles. The van der Waals surface area contributed by atoms with Crippen molar-refractivity contribution in [3.8, 4) is 17.2 Å². The number of carbonyl (C=O) groups excluding carboxylic acids is 1. The van der Waals surface area contributed by atoms with Crippen molar-refractivity contribution in [3.05, 3.63) is 107 Å². The molecule has 0 bridgehead atoms. The van der Waals surface area contributed by atoms with Gasteiger partial charge >= 0.3 is 0 Å². The summed E-state index contributed by atoms with van der Waals surface area (Å²) >= 11 is 1.28. The van der Waals surface area contributed by atoms with E-state index in [4.69, 9.17) is 19.6 Å². The van der Waals surface area contributed by atoms with Gasteiger partial charge in [0.2, 0.25) is 5.17 Å². The molecule has 3 aromatic carbocycles. The van der Waals surface area contributed by atoms with Crippen molar-refractivity contribution in [2.75, 3.05) is 19.8 Å². The summed E-state index contributed by atoms with van der Waals surface area (Å²) in [5, 5.41) is 15.7. The maximum absolute atomic E-state index is 12.9. The number of aliphatic imine (C=N–C) groups is 1. The number of rotatable bonds is 11. The molecule has 2 heterocycles. The van der Waals surface area contributed by atoms with Crippen LogP contribution in [0.1, 0.15) is 29.2 Å². The highest BCUT2D eigenvalue weighted by atomic mass is 32.2. The van der Waals surface area contributed by atoms with E-state index in [9.17, 15) is 4.79 Å². The molecule has 1 amide bonds. The van der Waals surface area contributed by atoms with Crippen LogP contribution in [0.15, 0.2) is 95.1 Å². The highest BCUT2D eigenvalue weighted by Crippen LogP contribution is 2.33. The summed E-state index contributed by atoms with van der Waals surface area (Å²) in [5.74, 6) is 1.39. The fourth-order valence-corrected chi connectivity index (χ4v) is 5.14. The molecule has 0 unspecified atom stereocenters. The lowest BCUT2D eigenvalue weighted by atomic mass is 10.1. The van der Waals surface area contributed by atoms with Crippen molar-refractivity contribution in [3.63, 3.8) is 0 Å². The third kappa shape index (κ3) is 6.41. The lowest BCUT2D eigenvalue weighted by Crippen LogP contribution is -2.35. The lowest BCUT2D eigenvalue weighted by molar-refractivity contribution is -0.114. The fraction of sp³-hybridized carbons (Fsp3) is 0.188. The number of hydrogen-bond donors (Lipinski definition) is 1. The van der Waals surface area contributed by atoms with Gasteiger partial charge in [0.25, 0.3) is 5.91 Å². The first kappa shape index (κ1) is 27.9. The lowest BCUT2D eigenvalue weighted by Gasteiger charge is -2.20. The minimum Gasteiger partial charge on any atom is -0.490 e. The Labute approximate surface area is 243 Å². The molecule has 5 rings (SSSR count). The van der Waals surface area contributed by atoms with Gasteiger partial charge in [0.1, 0.15) is 24.0 Å². The Bertz CT molecular complexity index is 1580. The second kappa shape index (κ2) is 12.7. The van der Waals surface area contributed by atoms with Crippen LogP contribution < -0.4 is 14.2 Å². The fourth-order valence-electron chi connectivity index (χ4n) is 4.25. The van der Waals surface area contributed by atoms with Gasteiger partial charge in [-0.15, -0.1) is 6.58 Å². The molecule has 0 aromatic heterocycles. The molecule has 0 radical (unpaired) electrons. The third-order valence-electron chi connectivity index (χ3n) is 6.27. The average molecular weight is 567 g/mol. The molecule has 41 heavy (non-hydrogen) atoms. The second-order valence-corrected chi connectivity index (χ2v) is 10.2. The summed E-state index contributed by atoms with van der Waals surface area (Å²) in [5.41, 5.74) is 3.94. The van der Waals surface area contributed by atoms with Crippen LogP contribution in [0.5, 0.6) is 17.2 Å². The molecule has 0 atom stereocenters. The van der Waals surface area contributed by atoms with E-state index >= 15 is 0 Å². The van der Waals surface area contributed by atoms with Crippen LogP contribution in [0, 0.1) is 12.3 Å². The van der Waals surface area contributed by atoms with E-state index in [0.29, 0.717) is 47.1 Å². The van der Waals surface area contributed by atoms with Crippen LogP contribution in [0.2, 0.25) is 0 Å². The highest BCUT2D eigenvalue weighted by molar-refractivity contribution is 8.27. The molecule has 0 fully saturated rings. The Morgan fingerprint density at radius 2 is 1.73 bits per heavy atom. The number of aryl methyl sites for hydroxylation is 1. The predicted octanol–water partition coefficient (Wildman–Crippen LogP) is 6.25. The molecule has 208 valence electrons. The second-order valence-electron chi connectivity index (χ2n) is 9.23. The molecule has 3 aromatic rings. The number of hydrogen-bond acceptors (Lipinski definition) is 7. The molecule has 0 aliphatic carbocycles. The van der Waals surface area contributed by atoms with Crippen molar-refractivity contribution in [1.29, 1.82) is 5.41 Å². The number of carbonyl (C=O) groups is 1. The van der Waals surface area contributed by atoms with Crippen molar-refractivity contribution in [2.45, 2.75) is 20.3 Å². The van der Waals surface area contributed by atoms with Gasteiger partial charge in [0.05, 0.1) is 12.2 Å². The Morgan fingerprint density at radius 1 is 0.976 bits per heavy atom. The zero-order valence-corrected chi connectivity index (χ0v) is 23.7. The van der Waals surface area contributed by atoms with Crippen LogP contribution in [0.4, 0.5) is 0 Å². The third-order valence-corrected chi connectivity index (χ3v) is 7.22. The number of amidine groups is 2. The summed E-state index contributed by atoms with van der Waals surface area (Å²) < 4.78 is 17.7. The van der Waals surface area contributed by atoms with Gasteiger partial charge in [-0.3, -0.25) is 10.2 Å². The predicted molar refractivity (Wildman–Crippen MR) is 164 cm³/mol. The van der Waals surface area contributed by atoms with Crippen molar-refractivity contribution in [1.82, 2.24) is 5.01 Å². The Hall–Kier alpha value is -4.63. The average Bonchev–Trinajstić information content (AvgIpc) is 3.40. The van der Waals surface area contributed by atoms with E-state index in [2.05, 4.69) is 16.7 Å². The van der Waals surface area contributed by atoms with Crippen molar-refractivity contribution in [2.24, 2.45) is 10.1 Å². The van der Waals surface area contributed by atoms with Gasteiger partial charge in [-0.2, -0.15) is 15.1 Å². The zero-order chi connectivity index (χ0) is 28.8. The highest BCUT2D eigenvalue weighted by Gasteiger charge is 2.36. The summed E-state index contributed by atoms with van der Waals surface area (Å²) in [7, 11) is 0. The van der Waals surface area contributed by atoms with E-state index in [-0.39, 0.29) is 11.4 Å². The number of hydrazone groups is 1. The van der Waals surface area contributed by atoms with Gasteiger partial charge in [-0.25, -0.2) is 0 Å². The van der Waals surface area contributed by atoms with Crippen LogP contribution >= 0.6 is 11.8 Å². The van der Waals surface area contributed by atoms with Gasteiger partial charge in [0.15, 0.2) is 17.3 Å². The number of fused-ring (bicyclic) bond motifs is 1. The zero-order valence-electron chi connectivity index (χ0n) is 22.9. The van der Waals surface area contributed by atoms with Crippen LogP contribution in [-0.2, 0) is 11.2 Å². The monoisotopic (exact) mass is 566 g/mol. The first-order valence-electron chi connectivity index (χ1n) is 13.3. The smallest absolute Gasteiger partial charge is 0.283 e. The number of nitrogens with one attached hydrogen (secondary N) is 1. The molecular formula is C32H30N4O4S. The molecule has 2 aliphatic rings. The summed E-state index contributed by atoms with van der Waals surface area (Å²) in [6, 6.07) is 21.2. The maximum atomic E-state index is 12.9. The van der Waals surface area contributed by atoms with Gasteiger partial charge in [0, 0.05) is 5.56 Å². The number of amides is 1. The number of ether oxygens (including phenoxy) is 3. The van der Waals surface area contributed by atoms with Crippen molar-refractivity contribution < 1.29 is 19.0 Å². The molecule has 0 spiro atoms. The number of nitrogens with zero attached hydrogens (tertiary/aromatic N) is 3. The van der Waals surface area contributed by atoms with E-state index < -0.39 is 5.91 Å². The Balaban J connectivity index is 1.29. The number of thioether (sulfide) groups is 1. The van der Waals surface area contributed by atoms with E-state index in [1.807, 2.05) is 74.5 Å². The van der Waals surface area contributed by atoms with Crippen LogP contribution in [0.25, 0.3) is 6.08 Å². The molecule has 2 aliphatic heterocycles. The van der Waals surface area contributed by atoms with E-state index in [1.165, 1.54) is 16.8 Å². The topological polar surface area (TPSA) is 96.6 Å². The largest absolute Gasteiger partial charge is 0.490 e. The summed E-state index contributed by atoms with van der Waals surface area (Å²) in [6.45, 7) is 8.82. The van der Waals surface area contributed by atoms with Crippen LogP contribution in [0.3, 0.4) is 0 Å². The Kier molecular flexibility index (Phi) is 8.64. The first-order valence-corrected chi connectivity index (χ1v) is 14.1.